The van der Waals surface area contributed by atoms with Crippen molar-refractivity contribution in [3.63, 3.8) is 0 Å². The van der Waals surface area contributed by atoms with Gasteiger partial charge < -0.3 is 5.32 Å². The van der Waals surface area contributed by atoms with Crippen LogP contribution >= 0.6 is 11.3 Å². The number of aryl methyl sites for hydroxylation is 3. The Morgan fingerprint density at radius 3 is 2.68 bits per heavy atom. The number of para-hydroxylation sites is 1. The van der Waals surface area contributed by atoms with Gasteiger partial charge in [0.2, 0.25) is 0 Å². The predicted molar refractivity (Wildman–Crippen MR) is 96.1 cm³/mol. The fraction of sp³-hybridized carbons (Fsp3) is 0.211. The van der Waals surface area contributed by atoms with Gasteiger partial charge >= 0.3 is 0 Å². The Labute approximate surface area is 135 Å². The van der Waals surface area contributed by atoms with E-state index in [-0.39, 0.29) is 0 Å². The summed E-state index contributed by atoms with van der Waals surface area (Å²) in [7, 11) is 0. The number of nitrogens with zero attached hydrogens (tertiary/aromatic N) is 1. The Hall–Kier alpha value is -2.13. The zero-order valence-corrected chi connectivity index (χ0v) is 14.0. The minimum Gasteiger partial charge on any atom is -0.331 e. The highest BCUT2D eigenvalue weighted by atomic mass is 32.1. The molecule has 0 atom stereocenters. The van der Waals surface area contributed by atoms with Gasteiger partial charge in [0.25, 0.3) is 0 Å². The number of thiazole rings is 1. The normalized spacial score (nSPS) is 10.7. The van der Waals surface area contributed by atoms with E-state index >= 15 is 0 Å². The van der Waals surface area contributed by atoms with Crippen LogP contribution in [0.4, 0.5) is 10.8 Å². The number of hydrogen-bond donors (Lipinski definition) is 1. The van der Waals surface area contributed by atoms with Crippen molar-refractivity contribution in [2.45, 2.75) is 27.2 Å². The monoisotopic (exact) mass is 308 g/mol. The van der Waals surface area contributed by atoms with Gasteiger partial charge in [0.15, 0.2) is 5.13 Å². The van der Waals surface area contributed by atoms with Gasteiger partial charge in [0, 0.05) is 16.6 Å². The van der Waals surface area contributed by atoms with Crippen molar-refractivity contribution in [1.29, 1.82) is 0 Å². The van der Waals surface area contributed by atoms with E-state index in [0.29, 0.717) is 0 Å². The molecule has 0 spiro atoms. The molecule has 1 aromatic heterocycles. The molecule has 112 valence electrons. The second-order valence-corrected chi connectivity index (χ2v) is 6.35. The lowest BCUT2D eigenvalue weighted by molar-refractivity contribution is 1.14. The van der Waals surface area contributed by atoms with Gasteiger partial charge in [0.1, 0.15) is 0 Å². The van der Waals surface area contributed by atoms with Crippen LogP contribution in [0.3, 0.4) is 0 Å². The molecule has 2 aromatic carbocycles. The average molecular weight is 308 g/mol. The Balaban J connectivity index is 1.88. The summed E-state index contributed by atoms with van der Waals surface area (Å²) in [6, 6.07) is 14.9. The van der Waals surface area contributed by atoms with E-state index in [9.17, 15) is 0 Å². The van der Waals surface area contributed by atoms with Crippen molar-refractivity contribution in [1.82, 2.24) is 4.98 Å². The van der Waals surface area contributed by atoms with E-state index in [1.54, 1.807) is 11.3 Å². The molecule has 0 aliphatic heterocycles. The lowest BCUT2D eigenvalue weighted by Gasteiger charge is -2.08. The standard InChI is InChI=1S/C19H20N2S/c1-4-15-7-5-6-8-17(15)20-19-21-18(12-22-19)16-10-9-13(2)11-14(16)3/h5-12H,4H2,1-3H3,(H,20,21). The summed E-state index contributed by atoms with van der Waals surface area (Å²) in [5.74, 6) is 0. The van der Waals surface area contributed by atoms with Crippen LogP contribution in [0.5, 0.6) is 0 Å². The highest BCUT2D eigenvalue weighted by Gasteiger charge is 2.08. The molecule has 0 aliphatic rings. The summed E-state index contributed by atoms with van der Waals surface area (Å²) in [5, 5.41) is 6.51. The minimum atomic E-state index is 0.941. The fourth-order valence-corrected chi connectivity index (χ4v) is 3.34. The molecule has 3 rings (SSSR count). The Bertz CT molecular complexity index is 790. The average Bonchev–Trinajstić information content (AvgIpc) is 2.96. The van der Waals surface area contributed by atoms with Crippen molar-refractivity contribution in [3.8, 4) is 11.3 Å². The summed E-state index contributed by atoms with van der Waals surface area (Å²) in [6.45, 7) is 6.43. The molecule has 22 heavy (non-hydrogen) atoms. The van der Waals surface area contributed by atoms with Crippen molar-refractivity contribution < 1.29 is 0 Å². The van der Waals surface area contributed by atoms with Gasteiger partial charge in [-0.15, -0.1) is 11.3 Å². The summed E-state index contributed by atoms with van der Waals surface area (Å²) >= 11 is 1.65. The summed E-state index contributed by atoms with van der Waals surface area (Å²) in [4.78, 5) is 4.75. The van der Waals surface area contributed by atoms with E-state index < -0.39 is 0 Å². The third-order valence-electron chi connectivity index (χ3n) is 3.80. The molecule has 3 heteroatoms. The topological polar surface area (TPSA) is 24.9 Å². The molecule has 0 saturated heterocycles. The number of hydrogen-bond acceptors (Lipinski definition) is 3. The van der Waals surface area contributed by atoms with Gasteiger partial charge in [0.05, 0.1) is 5.69 Å². The number of rotatable bonds is 4. The molecule has 1 N–H and O–H groups in total. The second-order valence-electron chi connectivity index (χ2n) is 5.49. The van der Waals surface area contributed by atoms with Crippen LogP contribution < -0.4 is 5.32 Å². The van der Waals surface area contributed by atoms with E-state index in [4.69, 9.17) is 4.98 Å². The number of benzene rings is 2. The van der Waals surface area contributed by atoms with Crippen LogP contribution in [0, 0.1) is 13.8 Å². The van der Waals surface area contributed by atoms with Gasteiger partial charge in [-0.3, -0.25) is 0 Å². The molecular formula is C19H20N2S. The quantitative estimate of drug-likeness (QED) is 0.665. The summed E-state index contributed by atoms with van der Waals surface area (Å²) < 4.78 is 0. The number of nitrogens with one attached hydrogen (secondary N) is 1. The first-order valence-electron chi connectivity index (χ1n) is 7.55. The Morgan fingerprint density at radius 1 is 1.09 bits per heavy atom. The number of aromatic nitrogens is 1. The van der Waals surface area contributed by atoms with Crippen LogP contribution in [-0.2, 0) is 6.42 Å². The van der Waals surface area contributed by atoms with Crippen molar-refractivity contribution in [2.24, 2.45) is 0 Å². The molecular weight excluding hydrogens is 288 g/mol. The van der Waals surface area contributed by atoms with Crippen LogP contribution in [0.2, 0.25) is 0 Å². The van der Waals surface area contributed by atoms with E-state index in [1.165, 1.54) is 22.3 Å². The molecule has 0 aliphatic carbocycles. The van der Waals surface area contributed by atoms with Gasteiger partial charge in [-0.1, -0.05) is 48.9 Å². The Morgan fingerprint density at radius 2 is 1.91 bits per heavy atom. The largest absolute Gasteiger partial charge is 0.331 e. The van der Waals surface area contributed by atoms with Gasteiger partial charge in [-0.25, -0.2) is 4.98 Å². The first kappa shape index (κ1) is 14.8. The molecule has 0 unspecified atom stereocenters. The molecule has 0 saturated carbocycles. The lowest BCUT2D eigenvalue weighted by Crippen LogP contribution is -1.94. The molecule has 0 amide bonds. The van der Waals surface area contributed by atoms with Crippen molar-refractivity contribution >= 4 is 22.2 Å². The minimum absolute atomic E-state index is 0.941. The predicted octanol–water partition coefficient (Wildman–Crippen LogP) is 5.73. The Kier molecular flexibility index (Phi) is 4.25. The summed E-state index contributed by atoms with van der Waals surface area (Å²) in [5.41, 5.74) is 7.26. The van der Waals surface area contributed by atoms with E-state index in [1.807, 2.05) is 0 Å². The maximum Gasteiger partial charge on any atom is 0.187 e. The fourth-order valence-electron chi connectivity index (χ4n) is 2.62. The van der Waals surface area contributed by atoms with Gasteiger partial charge in [-0.05, 0) is 37.5 Å². The summed E-state index contributed by atoms with van der Waals surface area (Å²) in [6.07, 6.45) is 1.01. The lowest BCUT2D eigenvalue weighted by atomic mass is 10.0. The molecule has 0 bridgehead atoms. The third kappa shape index (κ3) is 3.04. The maximum atomic E-state index is 4.75. The van der Waals surface area contributed by atoms with Crippen LogP contribution in [0.25, 0.3) is 11.3 Å². The molecule has 1 heterocycles. The van der Waals surface area contributed by atoms with Crippen molar-refractivity contribution in [2.75, 3.05) is 5.32 Å². The molecule has 3 aromatic rings. The van der Waals surface area contributed by atoms with Crippen LogP contribution in [-0.4, -0.2) is 4.98 Å². The zero-order valence-electron chi connectivity index (χ0n) is 13.2. The molecule has 2 nitrogen and oxygen atoms in total. The first-order chi connectivity index (χ1) is 10.7. The zero-order chi connectivity index (χ0) is 15.5. The molecule has 0 radical (unpaired) electrons. The molecule has 0 fully saturated rings. The van der Waals surface area contributed by atoms with E-state index in [2.05, 4.69) is 73.9 Å². The van der Waals surface area contributed by atoms with Crippen LogP contribution in [0.1, 0.15) is 23.6 Å². The third-order valence-corrected chi connectivity index (χ3v) is 4.56. The van der Waals surface area contributed by atoms with Gasteiger partial charge in [-0.2, -0.15) is 0 Å². The SMILES string of the molecule is CCc1ccccc1Nc1nc(-c2ccc(C)cc2C)cs1. The highest BCUT2D eigenvalue weighted by molar-refractivity contribution is 7.14. The smallest absolute Gasteiger partial charge is 0.187 e. The number of anilines is 2. The van der Waals surface area contributed by atoms with E-state index in [0.717, 1.165) is 22.9 Å². The first-order valence-corrected chi connectivity index (χ1v) is 8.43. The van der Waals surface area contributed by atoms with Crippen molar-refractivity contribution in [3.05, 3.63) is 64.5 Å². The second kappa shape index (κ2) is 6.32. The van der Waals surface area contributed by atoms with Crippen LogP contribution in [0.15, 0.2) is 47.8 Å². The maximum absolute atomic E-state index is 4.75. The highest BCUT2D eigenvalue weighted by Crippen LogP contribution is 2.30.